The lowest BCUT2D eigenvalue weighted by Gasteiger charge is -2.34. The molecule has 7 nitrogen and oxygen atoms in total. The Morgan fingerprint density at radius 3 is 2.87 bits per heavy atom. The summed E-state index contributed by atoms with van der Waals surface area (Å²) in [6.07, 6.45) is 7.19. The molecule has 4 heterocycles. The normalized spacial score (nSPS) is 23.9. The molecule has 2 bridgehead atoms. The molecule has 0 radical (unpaired) electrons. The van der Waals surface area contributed by atoms with Gasteiger partial charge in [0, 0.05) is 37.0 Å². The van der Waals surface area contributed by atoms with Gasteiger partial charge in [0.25, 0.3) is 0 Å². The molecule has 2 aromatic rings. The molecule has 122 valence electrons. The summed E-state index contributed by atoms with van der Waals surface area (Å²) in [6.45, 7) is 4.45. The van der Waals surface area contributed by atoms with Crippen molar-refractivity contribution >= 4 is 10.0 Å². The number of aryl methyl sites for hydroxylation is 2. The lowest BCUT2D eigenvalue weighted by atomic mass is 10.0. The van der Waals surface area contributed by atoms with Crippen LogP contribution in [0.15, 0.2) is 23.5 Å². The van der Waals surface area contributed by atoms with Gasteiger partial charge in [-0.15, -0.1) is 0 Å². The van der Waals surface area contributed by atoms with Crippen molar-refractivity contribution in [2.45, 2.75) is 56.6 Å². The zero-order chi connectivity index (χ0) is 16.2. The first kappa shape index (κ1) is 14.8. The SMILES string of the molecule is CCn1cc(S(=O)(=O)N2[C@H]3CC[C@@H]2c2cnc(C)nc2C3)cn1. The average molecular weight is 333 g/mol. The first-order valence-electron chi connectivity index (χ1n) is 7.89. The van der Waals surface area contributed by atoms with Crippen molar-refractivity contribution in [2.24, 2.45) is 0 Å². The monoisotopic (exact) mass is 333 g/mol. The third-order valence-electron chi connectivity index (χ3n) is 4.76. The topological polar surface area (TPSA) is 81.0 Å². The Kier molecular flexibility index (Phi) is 3.28. The number of rotatable bonds is 3. The van der Waals surface area contributed by atoms with Crippen molar-refractivity contribution in [3.63, 3.8) is 0 Å². The maximum absolute atomic E-state index is 13.1. The van der Waals surface area contributed by atoms with Crippen LogP contribution in [0, 0.1) is 6.92 Å². The molecule has 2 atom stereocenters. The highest BCUT2D eigenvalue weighted by Gasteiger charge is 2.47. The highest BCUT2D eigenvalue weighted by Crippen LogP contribution is 2.45. The lowest BCUT2D eigenvalue weighted by molar-refractivity contribution is 0.300. The molecule has 0 amide bonds. The van der Waals surface area contributed by atoms with Gasteiger partial charge in [0.05, 0.1) is 17.9 Å². The standard InChI is InChI=1S/C15H19N5O2S/c1-3-19-9-12(7-17-19)23(21,22)20-11-4-5-15(20)13-8-16-10(2)18-14(13)6-11/h7-9,11,15H,3-6H2,1-2H3/t11-,15+/m0/s1. The second-order valence-electron chi connectivity index (χ2n) is 6.14. The third kappa shape index (κ3) is 2.20. The first-order valence-corrected chi connectivity index (χ1v) is 9.33. The number of hydrogen-bond acceptors (Lipinski definition) is 5. The Hall–Kier alpha value is -1.80. The summed E-state index contributed by atoms with van der Waals surface area (Å²) < 4.78 is 29.5. The molecule has 0 N–H and O–H groups in total. The Labute approximate surface area is 135 Å². The summed E-state index contributed by atoms with van der Waals surface area (Å²) >= 11 is 0. The second-order valence-corrected chi connectivity index (χ2v) is 7.98. The minimum absolute atomic E-state index is 0.0169. The van der Waals surface area contributed by atoms with Crippen molar-refractivity contribution in [2.75, 3.05) is 0 Å². The van der Waals surface area contributed by atoms with Crippen LogP contribution < -0.4 is 0 Å². The van der Waals surface area contributed by atoms with E-state index >= 15 is 0 Å². The van der Waals surface area contributed by atoms with Gasteiger partial charge in [-0.2, -0.15) is 9.40 Å². The predicted molar refractivity (Wildman–Crippen MR) is 83.2 cm³/mol. The molecule has 2 aliphatic rings. The van der Waals surface area contributed by atoms with Crippen LogP contribution in [0.1, 0.15) is 42.9 Å². The third-order valence-corrected chi connectivity index (χ3v) is 6.67. The molecule has 1 fully saturated rings. The zero-order valence-corrected chi connectivity index (χ0v) is 14.0. The summed E-state index contributed by atoms with van der Waals surface area (Å²) in [5, 5.41) is 4.11. The fourth-order valence-electron chi connectivity index (χ4n) is 3.67. The molecule has 4 rings (SSSR count). The van der Waals surface area contributed by atoms with E-state index in [9.17, 15) is 8.42 Å². The molecule has 0 aliphatic carbocycles. The van der Waals surface area contributed by atoms with Crippen LogP contribution in [0.5, 0.6) is 0 Å². The smallest absolute Gasteiger partial charge is 0.247 e. The van der Waals surface area contributed by atoms with E-state index in [1.54, 1.807) is 21.4 Å². The van der Waals surface area contributed by atoms with Crippen LogP contribution in [0.4, 0.5) is 0 Å². The Balaban J connectivity index is 1.77. The Bertz CT molecular complexity index is 861. The fourth-order valence-corrected chi connectivity index (χ4v) is 5.48. The van der Waals surface area contributed by atoms with E-state index in [0.29, 0.717) is 13.0 Å². The van der Waals surface area contributed by atoms with Crippen molar-refractivity contribution in [1.82, 2.24) is 24.1 Å². The van der Waals surface area contributed by atoms with Crippen LogP contribution in [-0.2, 0) is 23.0 Å². The molecule has 2 aromatic heterocycles. The van der Waals surface area contributed by atoms with E-state index in [-0.39, 0.29) is 17.0 Å². The molecule has 1 saturated heterocycles. The molecule has 0 spiro atoms. The summed E-state index contributed by atoms with van der Waals surface area (Å²) in [6, 6.07) is -0.170. The summed E-state index contributed by atoms with van der Waals surface area (Å²) in [4.78, 5) is 9.05. The van der Waals surface area contributed by atoms with Gasteiger partial charge in [-0.3, -0.25) is 4.68 Å². The zero-order valence-electron chi connectivity index (χ0n) is 13.2. The van der Waals surface area contributed by atoms with Crippen LogP contribution in [0.25, 0.3) is 0 Å². The van der Waals surface area contributed by atoms with Crippen molar-refractivity contribution in [3.05, 3.63) is 35.7 Å². The molecule has 0 aromatic carbocycles. The summed E-state index contributed by atoms with van der Waals surface area (Å²) in [7, 11) is -3.55. The molecule has 0 unspecified atom stereocenters. The van der Waals surface area contributed by atoms with Gasteiger partial charge in [0.1, 0.15) is 10.7 Å². The quantitative estimate of drug-likeness (QED) is 0.849. The van der Waals surface area contributed by atoms with Crippen LogP contribution >= 0.6 is 0 Å². The summed E-state index contributed by atoms with van der Waals surface area (Å²) in [5.74, 6) is 0.740. The van der Waals surface area contributed by atoms with E-state index in [1.165, 1.54) is 6.20 Å². The minimum atomic E-state index is -3.55. The maximum atomic E-state index is 13.1. The van der Waals surface area contributed by atoms with E-state index in [1.807, 2.05) is 13.8 Å². The largest absolute Gasteiger partial charge is 0.272 e. The minimum Gasteiger partial charge on any atom is -0.272 e. The Morgan fingerprint density at radius 1 is 1.30 bits per heavy atom. The van der Waals surface area contributed by atoms with E-state index in [2.05, 4.69) is 15.1 Å². The highest BCUT2D eigenvalue weighted by atomic mass is 32.2. The number of fused-ring (bicyclic) bond motifs is 4. The van der Waals surface area contributed by atoms with Gasteiger partial charge in [0.2, 0.25) is 10.0 Å². The fraction of sp³-hybridized carbons (Fsp3) is 0.533. The first-order chi connectivity index (χ1) is 11.0. The van der Waals surface area contributed by atoms with Gasteiger partial charge in [0.15, 0.2) is 0 Å². The number of sulfonamides is 1. The van der Waals surface area contributed by atoms with Gasteiger partial charge in [-0.05, 0) is 26.7 Å². The second kappa shape index (κ2) is 5.10. The van der Waals surface area contributed by atoms with Gasteiger partial charge >= 0.3 is 0 Å². The maximum Gasteiger partial charge on any atom is 0.247 e. The number of aromatic nitrogens is 4. The molecular formula is C15H19N5O2S. The van der Waals surface area contributed by atoms with Crippen molar-refractivity contribution in [1.29, 1.82) is 0 Å². The Morgan fingerprint density at radius 2 is 2.13 bits per heavy atom. The van der Waals surface area contributed by atoms with E-state index in [4.69, 9.17) is 0 Å². The van der Waals surface area contributed by atoms with Crippen LogP contribution in [0.3, 0.4) is 0 Å². The predicted octanol–water partition coefficient (Wildman–Crippen LogP) is 1.45. The van der Waals surface area contributed by atoms with Gasteiger partial charge in [-0.1, -0.05) is 0 Å². The van der Waals surface area contributed by atoms with Gasteiger partial charge < -0.3 is 0 Å². The molecule has 2 aliphatic heterocycles. The van der Waals surface area contributed by atoms with Crippen molar-refractivity contribution < 1.29 is 8.42 Å². The molecule has 23 heavy (non-hydrogen) atoms. The lowest BCUT2D eigenvalue weighted by Crippen LogP contribution is -2.42. The number of hydrogen-bond donors (Lipinski definition) is 0. The molecule has 0 saturated carbocycles. The van der Waals surface area contributed by atoms with Crippen LogP contribution in [0.2, 0.25) is 0 Å². The number of nitrogens with zero attached hydrogens (tertiary/aromatic N) is 5. The van der Waals surface area contributed by atoms with E-state index in [0.717, 1.165) is 29.9 Å². The average Bonchev–Trinajstić information content (AvgIpc) is 3.12. The summed E-state index contributed by atoms with van der Waals surface area (Å²) in [5.41, 5.74) is 1.96. The van der Waals surface area contributed by atoms with Crippen LogP contribution in [-0.4, -0.2) is 38.5 Å². The molecule has 8 heteroatoms. The highest BCUT2D eigenvalue weighted by molar-refractivity contribution is 7.89. The molecular weight excluding hydrogens is 314 g/mol. The van der Waals surface area contributed by atoms with E-state index < -0.39 is 10.0 Å². The van der Waals surface area contributed by atoms with Crippen molar-refractivity contribution in [3.8, 4) is 0 Å². The van der Waals surface area contributed by atoms with Gasteiger partial charge in [-0.25, -0.2) is 18.4 Å².